The molecule has 3 rings (SSSR count). The van der Waals surface area contributed by atoms with E-state index in [4.69, 9.17) is 16.7 Å². The summed E-state index contributed by atoms with van der Waals surface area (Å²) >= 11 is 6.64. The lowest BCUT2D eigenvalue weighted by molar-refractivity contribution is 0.0646. The highest BCUT2D eigenvalue weighted by molar-refractivity contribution is 6.30. The average molecular weight is 363 g/mol. The summed E-state index contributed by atoms with van der Waals surface area (Å²) in [7, 11) is 0. The van der Waals surface area contributed by atoms with Gasteiger partial charge in [0, 0.05) is 44.3 Å². The summed E-state index contributed by atoms with van der Waals surface area (Å²) in [6.45, 7) is 9.71. The van der Waals surface area contributed by atoms with Crippen molar-refractivity contribution in [2.75, 3.05) is 32.8 Å². The molecule has 1 aliphatic rings. The molecule has 1 aromatic heterocycles. The summed E-state index contributed by atoms with van der Waals surface area (Å²) < 4.78 is 1.90. The number of aromatic nitrogens is 2. The van der Waals surface area contributed by atoms with Crippen LogP contribution in [0.1, 0.15) is 23.7 Å². The van der Waals surface area contributed by atoms with Crippen molar-refractivity contribution in [2.24, 2.45) is 0 Å². The zero-order chi connectivity index (χ0) is 17.8. The van der Waals surface area contributed by atoms with E-state index in [-0.39, 0.29) is 6.61 Å². The van der Waals surface area contributed by atoms with Crippen LogP contribution >= 0.6 is 11.6 Å². The van der Waals surface area contributed by atoms with Crippen LogP contribution in [-0.4, -0.2) is 63.5 Å². The highest BCUT2D eigenvalue weighted by Gasteiger charge is 2.25. The molecular formula is C19H27ClN4O. The number of aryl methyl sites for hydroxylation is 1. The fraction of sp³-hybridized carbons (Fsp3) is 0.526. The number of hydrogen-bond acceptors (Lipinski definition) is 4. The first kappa shape index (κ1) is 18.4. The van der Waals surface area contributed by atoms with E-state index < -0.39 is 0 Å². The van der Waals surface area contributed by atoms with Crippen LogP contribution < -0.4 is 0 Å². The second kappa shape index (κ2) is 8.32. The predicted octanol–water partition coefficient (Wildman–Crippen LogP) is 2.39. The van der Waals surface area contributed by atoms with Crippen molar-refractivity contribution in [1.29, 1.82) is 0 Å². The van der Waals surface area contributed by atoms with Gasteiger partial charge in [-0.05, 0) is 19.4 Å². The summed E-state index contributed by atoms with van der Waals surface area (Å²) in [5.41, 5.74) is 3.33. The van der Waals surface area contributed by atoms with Crippen LogP contribution in [0.4, 0.5) is 0 Å². The number of β-amino-alcohol motifs (C(OH)–C–C–N with tert-alkyl or cyclic N) is 1. The van der Waals surface area contributed by atoms with Crippen molar-refractivity contribution < 1.29 is 5.11 Å². The molecule has 0 radical (unpaired) electrons. The van der Waals surface area contributed by atoms with Crippen molar-refractivity contribution in [1.82, 2.24) is 19.6 Å². The number of piperazine rings is 1. The van der Waals surface area contributed by atoms with Crippen molar-refractivity contribution in [2.45, 2.75) is 33.0 Å². The molecule has 0 aliphatic carbocycles. The van der Waals surface area contributed by atoms with Gasteiger partial charge in [-0.15, -0.1) is 0 Å². The largest absolute Gasteiger partial charge is 0.395 e. The third kappa shape index (κ3) is 4.42. The lowest BCUT2D eigenvalue weighted by atomic mass is 10.1. The zero-order valence-corrected chi connectivity index (χ0v) is 15.8. The van der Waals surface area contributed by atoms with Gasteiger partial charge in [0.05, 0.1) is 18.8 Å². The predicted molar refractivity (Wildman–Crippen MR) is 101 cm³/mol. The van der Waals surface area contributed by atoms with E-state index in [1.54, 1.807) is 0 Å². The molecule has 2 aromatic rings. The van der Waals surface area contributed by atoms with Crippen LogP contribution in [-0.2, 0) is 13.1 Å². The molecule has 5 nitrogen and oxygen atoms in total. The summed E-state index contributed by atoms with van der Waals surface area (Å²) in [4.78, 5) is 4.77. The summed E-state index contributed by atoms with van der Waals surface area (Å²) in [6.07, 6.45) is 0. The quantitative estimate of drug-likeness (QED) is 0.857. The molecule has 1 fully saturated rings. The number of aliphatic hydroxyl groups excluding tert-OH is 1. The maximum absolute atomic E-state index is 9.15. The van der Waals surface area contributed by atoms with Gasteiger partial charge in [0.15, 0.2) is 0 Å². The van der Waals surface area contributed by atoms with Gasteiger partial charge in [-0.2, -0.15) is 5.10 Å². The monoisotopic (exact) mass is 362 g/mol. The average Bonchev–Trinajstić information content (AvgIpc) is 2.86. The first-order valence-corrected chi connectivity index (χ1v) is 9.29. The minimum atomic E-state index is 0.224. The Morgan fingerprint density at radius 2 is 1.96 bits per heavy atom. The van der Waals surface area contributed by atoms with E-state index in [0.29, 0.717) is 12.6 Å². The number of hydrogen-bond donors (Lipinski definition) is 1. The van der Waals surface area contributed by atoms with Gasteiger partial charge in [0.25, 0.3) is 0 Å². The van der Waals surface area contributed by atoms with Crippen molar-refractivity contribution in [3.8, 4) is 0 Å². The van der Waals surface area contributed by atoms with Crippen LogP contribution in [0.25, 0.3) is 0 Å². The van der Waals surface area contributed by atoms with Crippen molar-refractivity contribution in [3.05, 3.63) is 52.3 Å². The summed E-state index contributed by atoms with van der Waals surface area (Å²) in [5.74, 6) is 0. The molecule has 0 bridgehead atoms. The summed E-state index contributed by atoms with van der Waals surface area (Å²) in [5, 5.41) is 14.5. The van der Waals surface area contributed by atoms with Crippen LogP contribution in [0.2, 0.25) is 5.15 Å². The number of rotatable bonds is 6. The second-order valence-electron chi connectivity index (χ2n) is 6.84. The second-order valence-corrected chi connectivity index (χ2v) is 7.20. The number of nitrogens with zero attached hydrogens (tertiary/aromatic N) is 4. The highest BCUT2D eigenvalue weighted by atomic mass is 35.5. The van der Waals surface area contributed by atoms with E-state index in [1.165, 1.54) is 5.56 Å². The molecule has 0 spiro atoms. The smallest absolute Gasteiger partial charge is 0.132 e. The minimum Gasteiger partial charge on any atom is -0.395 e. The molecule has 0 amide bonds. The Hall–Kier alpha value is -1.40. The topological polar surface area (TPSA) is 44.5 Å². The third-order valence-corrected chi connectivity index (χ3v) is 5.40. The molecule has 2 heterocycles. The van der Waals surface area contributed by atoms with E-state index in [1.807, 2.05) is 29.8 Å². The van der Waals surface area contributed by atoms with E-state index in [9.17, 15) is 0 Å². The number of benzene rings is 1. The SMILES string of the molecule is Cc1nn(Cc2ccccc2)c(Cl)c1CN1CCN(CCO)C(C)C1. The van der Waals surface area contributed by atoms with Gasteiger partial charge in [-0.1, -0.05) is 41.9 Å². The Morgan fingerprint density at radius 3 is 2.64 bits per heavy atom. The standard InChI is InChI=1S/C19H27ClN4O/c1-15-12-22(8-9-23(15)10-11-25)14-18-16(2)21-24(19(18)20)13-17-6-4-3-5-7-17/h3-7,15,25H,8-14H2,1-2H3. The minimum absolute atomic E-state index is 0.224. The first-order chi connectivity index (χ1) is 12.1. The first-order valence-electron chi connectivity index (χ1n) is 8.91. The molecule has 1 N–H and O–H groups in total. The van der Waals surface area contributed by atoms with Gasteiger partial charge in [-0.25, -0.2) is 4.68 Å². The molecule has 25 heavy (non-hydrogen) atoms. The fourth-order valence-corrected chi connectivity index (χ4v) is 3.82. The van der Waals surface area contributed by atoms with Gasteiger partial charge in [0.2, 0.25) is 0 Å². The Morgan fingerprint density at radius 1 is 1.20 bits per heavy atom. The Bertz CT molecular complexity index is 688. The Kier molecular flexibility index (Phi) is 6.12. The van der Waals surface area contributed by atoms with Crippen LogP contribution in [0.3, 0.4) is 0 Å². The molecule has 6 heteroatoms. The van der Waals surface area contributed by atoms with E-state index in [2.05, 4.69) is 34.0 Å². The van der Waals surface area contributed by atoms with Crippen LogP contribution in [0.15, 0.2) is 30.3 Å². The number of halogens is 1. The molecule has 1 unspecified atom stereocenters. The normalized spacial score (nSPS) is 19.4. The lowest BCUT2D eigenvalue weighted by Gasteiger charge is -2.39. The van der Waals surface area contributed by atoms with Crippen LogP contribution in [0, 0.1) is 6.92 Å². The van der Waals surface area contributed by atoms with Crippen molar-refractivity contribution in [3.63, 3.8) is 0 Å². The van der Waals surface area contributed by atoms with Gasteiger partial charge in [-0.3, -0.25) is 9.80 Å². The Balaban J connectivity index is 1.67. The molecule has 1 aliphatic heterocycles. The van der Waals surface area contributed by atoms with Crippen molar-refractivity contribution >= 4 is 11.6 Å². The molecule has 1 atom stereocenters. The summed E-state index contributed by atoms with van der Waals surface area (Å²) in [6, 6.07) is 10.7. The zero-order valence-electron chi connectivity index (χ0n) is 15.0. The molecule has 1 saturated heterocycles. The van der Waals surface area contributed by atoms with E-state index >= 15 is 0 Å². The molecule has 0 saturated carbocycles. The maximum Gasteiger partial charge on any atom is 0.132 e. The number of aliphatic hydroxyl groups is 1. The third-order valence-electron chi connectivity index (χ3n) is 4.98. The lowest BCUT2D eigenvalue weighted by Crippen LogP contribution is -2.52. The van der Waals surface area contributed by atoms with Crippen LogP contribution in [0.5, 0.6) is 0 Å². The fourth-order valence-electron chi connectivity index (χ4n) is 3.53. The van der Waals surface area contributed by atoms with Gasteiger partial charge < -0.3 is 5.11 Å². The molecular weight excluding hydrogens is 336 g/mol. The highest BCUT2D eigenvalue weighted by Crippen LogP contribution is 2.24. The molecule has 136 valence electrons. The molecule has 1 aromatic carbocycles. The van der Waals surface area contributed by atoms with E-state index in [0.717, 1.165) is 49.1 Å². The van der Waals surface area contributed by atoms with Gasteiger partial charge >= 0.3 is 0 Å². The maximum atomic E-state index is 9.15. The Labute approximate surface area is 154 Å². The van der Waals surface area contributed by atoms with Gasteiger partial charge in [0.1, 0.15) is 5.15 Å².